The average Bonchev–Trinajstić information content (AvgIpc) is 3.06. The third kappa shape index (κ3) is 8.77. The zero-order valence-electron chi connectivity index (χ0n) is 25.9. The Bertz CT molecular complexity index is 1570. The molecule has 236 valence electrons. The first-order valence-electron chi connectivity index (χ1n) is 15.6. The van der Waals surface area contributed by atoms with E-state index in [0.29, 0.717) is 25.9 Å². The molecule has 3 N–H and O–H groups in total. The van der Waals surface area contributed by atoms with Gasteiger partial charge in [-0.1, -0.05) is 84.9 Å². The van der Waals surface area contributed by atoms with E-state index in [9.17, 15) is 14.7 Å². The highest BCUT2D eigenvalue weighted by Gasteiger charge is 2.33. The maximum Gasteiger partial charge on any atom is 0.303 e. The molecule has 1 aliphatic heterocycles. The number of benzene rings is 4. The monoisotopic (exact) mass is 610 g/mol. The van der Waals surface area contributed by atoms with Gasteiger partial charge in [-0.3, -0.25) is 14.5 Å². The summed E-state index contributed by atoms with van der Waals surface area (Å²) in [6.45, 7) is 3.28. The van der Waals surface area contributed by atoms with E-state index in [4.69, 9.17) is 14.6 Å². The highest BCUT2D eigenvalue weighted by Crippen LogP contribution is 2.38. The van der Waals surface area contributed by atoms with Crippen LogP contribution in [-0.2, 0) is 32.2 Å². The summed E-state index contributed by atoms with van der Waals surface area (Å²) < 4.78 is 13.1. The molecular weight excluding hydrogens is 568 g/mol. The van der Waals surface area contributed by atoms with Crippen LogP contribution in [0, 0.1) is 0 Å². The zero-order chi connectivity index (χ0) is 31.8. The minimum Gasteiger partial charge on any atom is -0.481 e. The lowest BCUT2D eigenvalue weighted by atomic mass is 9.98. The summed E-state index contributed by atoms with van der Waals surface area (Å²) >= 11 is 0. The summed E-state index contributed by atoms with van der Waals surface area (Å²) in [5.41, 5.74) is 4.96. The topological polar surface area (TPSA) is 108 Å². The number of nitrogens with zero attached hydrogens (tertiary/aromatic N) is 1. The lowest BCUT2D eigenvalue weighted by Gasteiger charge is -2.39. The van der Waals surface area contributed by atoms with Crippen molar-refractivity contribution in [2.24, 2.45) is 0 Å². The van der Waals surface area contributed by atoms with Crippen LogP contribution >= 0.6 is 0 Å². The van der Waals surface area contributed by atoms with Crippen LogP contribution in [0.2, 0.25) is 0 Å². The van der Waals surface area contributed by atoms with E-state index in [-0.39, 0.29) is 43.6 Å². The van der Waals surface area contributed by atoms with Gasteiger partial charge in [0.1, 0.15) is 0 Å². The van der Waals surface area contributed by atoms with Crippen molar-refractivity contribution in [1.82, 2.24) is 10.2 Å². The summed E-state index contributed by atoms with van der Waals surface area (Å²) in [4.78, 5) is 25.1. The number of likely N-dealkylation sites (N-methyl/N-ethyl adjacent to an activating group) is 1. The smallest absolute Gasteiger partial charge is 0.303 e. The Kier molecular flexibility index (Phi) is 11.0. The van der Waals surface area contributed by atoms with E-state index >= 15 is 0 Å². The molecule has 0 unspecified atom stereocenters. The second kappa shape index (κ2) is 15.3. The SMILES string of the molecule is C[C@H](c1ccc2ccccc2c1)N(C)C[C@@H]1C[C@H](c2ccc(CO)cc2)O[C@H](c2ccc(CNC(=O)CCCC(=O)O)cc2)O1. The largest absolute Gasteiger partial charge is 0.481 e. The van der Waals surface area contributed by atoms with E-state index in [0.717, 1.165) is 22.3 Å². The molecule has 1 heterocycles. The van der Waals surface area contributed by atoms with Crippen LogP contribution in [-0.4, -0.2) is 46.7 Å². The van der Waals surface area contributed by atoms with Crippen LogP contribution in [0.25, 0.3) is 10.8 Å². The molecule has 0 radical (unpaired) electrons. The van der Waals surface area contributed by atoms with Crippen LogP contribution in [0.15, 0.2) is 91.0 Å². The number of nitrogens with one attached hydrogen (secondary N) is 1. The second-order valence-electron chi connectivity index (χ2n) is 11.8. The zero-order valence-corrected chi connectivity index (χ0v) is 25.9. The number of aliphatic hydroxyl groups is 1. The van der Waals surface area contributed by atoms with Crippen LogP contribution in [0.1, 0.15) is 78.9 Å². The van der Waals surface area contributed by atoms with Crippen molar-refractivity contribution in [3.05, 3.63) is 119 Å². The Morgan fingerprint density at radius 1 is 0.889 bits per heavy atom. The Morgan fingerprint density at radius 3 is 2.29 bits per heavy atom. The average molecular weight is 611 g/mol. The van der Waals surface area contributed by atoms with Crippen molar-refractivity contribution >= 4 is 22.6 Å². The molecule has 1 amide bonds. The fourth-order valence-electron chi connectivity index (χ4n) is 5.72. The third-order valence-electron chi connectivity index (χ3n) is 8.56. The van der Waals surface area contributed by atoms with E-state index in [2.05, 4.69) is 66.7 Å². The molecule has 8 nitrogen and oxygen atoms in total. The molecule has 0 bridgehead atoms. The molecule has 0 aliphatic carbocycles. The number of fused-ring (bicyclic) bond motifs is 1. The van der Waals surface area contributed by atoms with Crippen LogP contribution in [0.4, 0.5) is 0 Å². The highest BCUT2D eigenvalue weighted by atomic mass is 16.7. The Balaban J connectivity index is 1.27. The molecule has 4 aromatic rings. The molecule has 4 aromatic carbocycles. The molecule has 1 fully saturated rings. The Morgan fingerprint density at radius 2 is 1.58 bits per heavy atom. The first-order valence-corrected chi connectivity index (χ1v) is 15.6. The number of carbonyl (C=O) groups is 2. The van der Waals surface area contributed by atoms with Crippen molar-refractivity contribution in [1.29, 1.82) is 0 Å². The fourth-order valence-corrected chi connectivity index (χ4v) is 5.72. The van der Waals surface area contributed by atoms with Crippen molar-refractivity contribution in [2.45, 2.75) is 70.3 Å². The maximum absolute atomic E-state index is 12.1. The predicted molar refractivity (Wildman–Crippen MR) is 173 cm³/mol. The second-order valence-corrected chi connectivity index (χ2v) is 11.8. The first-order chi connectivity index (χ1) is 21.8. The summed E-state index contributed by atoms with van der Waals surface area (Å²) in [5, 5.41) is 23.6. The number of hydrogen-bond acceptors (Lipinski definition) is 6. The van der Waals surface area contributed by atoms with Crippen molar-refractivity contribution in [3.63, 3.8) is 0 Å². The van der Waals surface area contributed by atoms with E-state index in [1.54, 1.807) is 0 Å². The molecule has 45 heavy (non-hydrogen) atoms. The lowest BCUT2D eigenvalue weighted by Crippen LogP contribution is -2.38. The molecule has 4 atom stereocenters. The Labute approximate surface area is 264 Å². The van der Waals surface area contributed by atoms with Gasteiger partial charge in [-0.05, 0) is 59.5 Å². The molecular formula is C37H42N2O6. The van der Waals surface area contributed by atoms with Crippen molar-refractivity contribution in [2.75, 3.05) is 13.6 Å². The van der Waals surface area contributed by atoms with Crippen molar-refractivity contribution < 1.29 is 29.3 Å². The number of carboxylic acid groups (broad SMARTS) is 1. The van der Waals surface area contributed by atoms with Gasteiger partial charge in [0.25, 0.3) is 0 Å². The van der Waals surface area contributed by atoms with Gasteiger partial charge < -0.3 is 25.0 Å². The number of hydrogen-bond donors (Lipinski definition) is 3. The molecule has 1 aliphatic rings. The number of rotatable bonds is 13. The fraction of sp³-hybridized carbons (Fsp3) is 0.351. The molecule has 0 saturated carbocycles. The molecule has 8 heteroatoms. The number of carboxylic acids is 1. The van der Waals surface area contributed by atoms with Gasteiger partial charge in [0.15, 0.2) is 6.29 Å². The highest BCUT2D eigenvalue weighted by molar-refractivity contribution is 5.83. The van der Waals surface area contributed by atoms with Crippen LogP contribution in [0.3, 0.4) is 0 Å². The normalized spacial score (nSPS) is 19.0. The minimum absolute atomic E-state index is 0.00718. The quantitative estimate of drug-likeness (QED) is 0.160. The number of ether oxygens (including phenoxy) is 2. The van der Waals surface area contributed by atoms with Gasteiger partial charge in [-0.25, -0.2) is 0 Å². The van der Waals surface area contributed by atoms with Gasteiger partial charge in [0.05, 0.1) is 18.8 Å². The van der Waals surface area contributed by atoms with Crippen molar-refractivity contribution in [3.8, 4) is 0 Å². The number of aliphatic carboxylic acids is 1. The predicted octanol–water partition coefficient (Wildman–Crippen LogP) is 6.44. The summed E-state index contributed by atoms with van der Waals surface area (Å²) in [5.74, 6) is -1.07. The number of carbonyl (C=O) groups excluding carboxylic acids is 1. The van der Waals surface area contributed by atoms with Gasteiger partial charge in [-0.2, -0.15) is 0 Å². The van der Waals surface area contributed by atoms with Crippen LogP contribution in [0.5, 0.6) is 0 Å². The molecule has 1 saturated heterocycles. The summed E-state index contributed by atoms with van der Waals surface area (Å²) in [6.07, 6.45) is 0.321. The maximum atomic E-state index is 12.1. The van der Waals surface area contributed by atoms with E-state index in [1.807, 2.05) is 48.5 Å². The van der Waals surface area contributed by atoms with Gasteiger partial charge >= 0.3 is 5.97 Å². The van der Waals surface area contributed by atoms with E-state index in [1.165, 1.54) is 16.3 Å². The number of amides is 1. The summed E-state index contributed by atoms with van der Waals surface area (Å²) in [7, 11) is 2.13. The van der Waals surface area contributed by atoms with Crippen LogP contribution < -0.4 is 5.32 Å². The first kappa shape index (κ1) is 32.3. The molecule has 0 aromatic heterocycles. The Hall–Kier alpha value is -4.08. The molecule has 5 rings (SSSR count). The van der Waals surface area contributed by atoms with E-state index < -0.39 is 12.3 Å². The lowest BCUT2D eigenvalue weighted by molar-refractivity contribution is -0.253. The third-order valence-corrected chi connectivity index (χ3v) is 8.56. The summed E-state index contributed by atoms with van der Waals surface area (Å²) in [6, 6.07) is 30.9. The minimum atomic E-state index is -0.900. The van der Waals surface area contributed by atoms with Gasteiger partial charge in [-0.15, -0.1) is 0 Å². The standard InChI is InChI=1S/C37H42N2O6/c1-25(31-19-18-28-6-3-4-7-32(28)20-31)39(2)23-33-21-34(29-14-12-27(24-40)13-15-29)45-37(44-33)30-16-10-26(11-17-30)22-38-35(41)8-5-9-36(42)43/h3-4,6-7,10-20,25,33-34,37,40H,5,8-9,21-24H2,1-2H3,(H,38,41)(H,42,43)/t25-,33+,34-,37-/m1/s1. The van der Waals surface area contributed by atoms with Gasteiger partial charge in [0.2, 0.25) is 5.91 Å². The molecule has 0 spiro atoms. The van der Waals surface area contributed by atoms with Gasteiger partial charge in [0, 0.05) is 44.0 Å². The number of aliphatic hydroxyl groups excluding tert-OH is 1.